The van der Waals surface area contributed by atoms with E-state index in [1.165, 1.54) is 0 Å². The lowest BCUT2D eigenvalue weighted by molar-refractivity contribution is -0.118. The summed E-state index contributed by atoms with van der Waals surface area (Å²) in [7, 11) is 0. The number of aliphatic hydroxyl groups excluding tert-OH is 1. The molecule has 1 aliphatic carbocycles. The van der Waals surface area contributed by atoms with Crippen LogP contribution in [0.4, 0.5) is 5.69 Å². The molecule has 1 unspecified atom stereocenters. The van der Waals surface area contributed by atoms with Crippen LogP contribution in [0.15, 0.2) is 60.7 Å². The Balaban J connectivity index is 1.39. The highest BCUT2D eigenvalue weighted by atomic mass is 16.7. The molecular formula is C26H25NO4. The first-order valence-corrected chi connectivity index (χ1v) is 10.6. The van der Waals surface area contributed by atoms with Gasteiger partial charge in [0.05, 0.1) is 11.5 Å². The standard InChI is InChI=1S/C26H25NO4/c1-16-3-9-21(14-22(16)19-6-4-18(5-7-19)17(2)28)27-25(29)26(11-12-26)20-8-10-23-24(13-20)31-15-30-23/h3-10,13-14,17,28H,11-12,15H2,1-2H3,(H,27,29). The van der Waals surface area contributed by atoms with Crippen molar-refractivity contribution in [2.24, 2.45) is 0 Å². The highest BCUT2D eigenvalue weighted by Gasteiger charge is 2.51. The third-order valence-electron chi connectivity index (χ3n) is 6.31. The van der Waals surface area contributed by atoms with Crippen molar-refractivity contribution in [1.29, 1.82) is 0 Å². The molecule has 3 aromatic carbocycles. The highest BCUT2D eigenvalue weighted by Crippen LogP contribution is 2.51. The average Bonchev–Trinajstić information content (AvgIpc) is 3.46. The van der Waals surface area contributed by atoms with E-state index in [0.717, 1.165) is 52.1 Å². The number of carbonyl (C=O) groups excluding carboxylic acids is 1. The maximum atomic E-state index is 13.2. The first kappa shape index (κ1) is 19.6. The summed E-state index contributed by atoms with van der Waals surface area (Å²) < 4.78 is 10.9. The monoisotopic (exact) mass is 415 g/mol. The van der Waals surface area contributed by atoms with Gasteiger partial charge in [-0.05, 0) is 78.8 Å². The van der Waals surface area contributed by atoms with Crippen molar-refractivity contribution >= 4 is 11.6 Å². The molecule has 1 saturated carbocycles. The smallest absolute Gasteiger partial charge is 0.235 e. The Morgan fingerprint density at radius 3 is 2.45 bits per heavy atom. The largest absolute Gasteiger partial charge is 0.454 e. The quantitative estimate of drug-likeness (QED) is 0.607. The Morgan fingerprint density at radius 2 is 1.74 bits per heavy atom. The van der Waals surface area contributed by atoms with E-state index in [1.807, 2.05) is 60.7 Å². The van der Waals surface area contributed by atoms with E-state index in [2.05, 4.69) is 12.2 Å². The molecule has 3 aromatic rings. The molecule has 0 spiro atoms. The van der Waals surface area contributed by atoms with Crippen LogP contribution in [0.1, 0.15) is 42.6 Å². The number of benzene rings is 3. The Labute approximate surface area is 181 Å². The van der Waals surface area contributed by atoms with Crippen LogP contribution in [-0.4, -0.2) is 17.8 Å². The molecule has 0 bridgehead atoms. The van der Waals surface area contributed by atoms with Gasteiger partial charge in [0.2, 0.25) is 12.7 Å². The molecule has 2 N–H and O–H groups in total. The molecular weight excluding hydrogens is 390 g/mol. The molecule has 0 saturated heterocycles. The van der Waals surface area contributed by atoms with Crippen LogP contribution in [0.2, 0.25) is 0 Å². The number of rotatable bonds is 5. The SMILES string of the molecule is Cc1ccc(NC(=O)C2(c3ccc4c(c3)OCO4)CC2)cc1-c1ccc(C(C)O)cc1. The number of hydrogen-bond donors (Lipinski definition) is 2. The summed E-state index contributed by atoms with van der Waals surface area (Å²) in [6.07, 6.45) is 1.14. The zero-order chi connectivity index (χ0) is 21.6. The number of carbonyl (C=O) groups is 1. The van der Waals surface area contributed by atoms with E-state index in [1.54, 1.807) is 6.92 Å². The molecule has 5 rings (SSSR count). The third kappa shape index (κ3) is 3.55. The molecule has 1 amide bonds. The molecule has 0 radical (unpaired) electrons. The Morgan fingerprint density at radius 1 is 1.00 bits per heavy atom. The van der Waals surface area contributed by atoms with Gasteiger partial charge < -0.3 is 19.9 Å². The van der Waals surface area contributed by atoms with Gasteiger partial charge in [-0.15, -0.1) is 0 Å². The first-order valence-electron chi connectivity index (χ1n) is 10.6. The molecule has 2 aliphatic rings. The number of aryl methyl sites for hydroxylation is 1. The van der Waals surface area contributed by atoms with Crippen molar-refractivity contribution in [2.75, 3.05) is 12.1 Å². The van der Waals surface area contributed by atoms with Crippen LogP contribution in [0.3, 0.4) is 0 Å². The minimum atomic E-state index is -0.509. The third-order valence-corrected chi connectivity index (χ3v) is 6.31. The average molecular weight is 415 g/mol. The van der Waals surface area contributed by atoms with Crippen molar-refractivity contribution in [3.05, 3.63) is 77.4 Å². The number of ether oxygens (including phenoxy) is 2. The summed E-state index contributed by atoms with van der Waals surface area (Å²) in [6, 6.07) is 19.6. The Bertz CT molecular complexity index is 1150. The number of nitrogens with one attached hydrogen (secondary N) is 1. The molecule has 1 fully saturated rings. The van der Waals surface area contributed by atoms with Gasteiger partial charge in [0.15, 0.2) is 11.5 Å². The van der Waals surface area contributed by atoms with E-state index in [0.29, 0.717) is 5.75 Å². The number of anilines is 1. The Kier molecular flexibility index (Phi) is 4.71. The fourth-order valence-electron chi connectivity index (χ4n) is 4.17. The molecule has 1 aliphatic heterocycles. The Hall–Kier alpha value is -3.31. The summed E-state index contributed by atoms with van der Waals surface area (Å²) >= 11 is 0. The second-order valence-electron chi connectivity index (χ2n) is 8.43. The fourth-order valence-corrected chi connectivity index (χ4v) is 4.17. The number of amides is 1. The summed E-state index contributed by atoms with van der Waals surface area (Å²) in [5.41, 5.74) is 5.35. The van der Waals surface area contributed by atoms with Crippen LogP contribution in [0, 0.1) is 6.92 Å². The van der Waals surface area contributed by atoms with Crippen LogP contribution < -0.4 is 14.8 Å². The van der Waals surface area contributed by atoms with Gasteiger partial charge in [0.25, 0.3) is 0 Å². The van der Waals surface area contributed by atoms with Crippen molar-refractivity contribution in [2.45, 2.75) is 38.2 Å². The zero-order valence-electron chi connectivity index (χ0n) is 17.6. The van der Waals surface area contributed by atoms with Gasteiger partial charge in [-0.2, -0.15) is 0 Å². The van der Waals surface area contributed by atoms with E-state index >= 15 is 0 Å². The predicted octanol–water partition coefficient (Wildman–Crippen LogP) is 5.11. The lowest BCUT2D eigenvalue weighted by atomic mass is 9.94. The molecule has 5 heteroatoms. The van der Waals surface area contributed by atoms with E-state index in [9.17, 15) is 9.90 Å². The molecule has 5 nitrogen and oxygen atoms in total. The topological polar surface area (TPSA) is 67.8 Å². The van der Waals surface area contributed by atoms with Crippen molar-refractivity contribution in [1.82, 2.24) is 0 Å². The lowest BCUT2D eigenvalue weighted by Crippen LogP contribution is -2.27. The summed E-state index contributed by atoms with van der Waals surface area (Å²) in [4.78, 5) is 13.2. The summed E-state index contributed by atoms with van der Waals surface area (Å²) in [6.45, 7) is 4.03. The van der Waals surface area contributed by atoms with Crippen LogP contribution in [0.5, 0.6) is 11.5 Å². The number of aliphatic hydroxyl groups is 1. The van der Waals surface area contributed by atoms with Gasteiger partial charge in [-0.25, -0.2) is 0 Å². The van der Waals surface area contributed by atoms with Crippen molar-refractivity contribution in [3.63, 3.8) is 0 Å². The van der Waals surface area contributed by atoms with Crippen LogP contribution >= 0.6 is 0 Å². The van der Waals surface area contributed by atoms with E-state index < -0.39 is 11.5 Å². The molecule has 31 heavy (non-hydrogen) atoms. The minimum absolute atomic E-state index is 0.00521. The minimum Gasteiger partial charge on any atom is -0.454 e. The summed E-state index contributed by atoms with van der Waals surface area (Å²) in [5.74, 6) is 1.44. The molecule has 1 heterocycles. The van der Waals surface area contributed by atoms with Gasteiger partial charge in [-0.1, -0.05) is 36.4 Å². The highest BCUT2D eigenvalue weighted by molar-refractivity contribution is 6.02. The second kappa shape index (κ2) is 7.43. The van der Waals surface area contributed by atoms with E-state index in [4.69, 9.17) is 9.47 Å². The van der Waals surface area contributed by atoms with Crippen molar-refractivity contribution in [3.8, 4) is 22.6 Å². The molecule has 1 atom stereocenters. The predicted molar refractivity (Wildman–Crippen MR) is 119 cm³/mol. The number of hydrogen-bond acceptors (Lipinski definition) is 4. The lowest BCUT2D eigenvalue weighted by Gasteiger charge is -2.17. The second-order valence-corrected chi connectivity index (χ2v) is 8.43. The summed E-state index contributed by atoms with van der Waals surface area (Å²) in [5, 5.41) is 12.9. The van der Waals surface area contributed by atoms with Crippen LogP contribution in [0.25, 0.3) is 11.1 Å². The van der Waals surface area contributed by atoms with Gasteiger partial charge in [0, 0.05) is 5.69 Å². The normalized spacial score (nSPS) is 16.6. The zero-order valence-corrected chi connectivity index (χ0v) is 17.6. The maximum absolute atomic E-state index is 13.2. The molecule has 0 aromatic heterocycles. The maximum Gasteiger partial charge on any atom is 0.235 e. The van der Waals surface area contributed by atoms with Crippen LogP contribution in [-0.2, 0) is 10.2 Å². The van der Waals surface area contributed by atoms with Gasteiger partial charge in [-0.3, -0.25) is 4.79 Å². The fraction of sp³-hybridized carbons (Fsp3) is 0.269. The number of fused-ring (bicyclic) bond motifs is 1. The van der Waals surface area contributed by atoms with Crippen molar-refractivity contribution < 1.29 is 19.4 Å². The first-order chi connectivity index (χ1) is 15.0. The van der Waals surface area contributed by atoms with E-state index in [-0.39, 0.29) is 12.7 Å². The molecule has 158 valence electrons. The van der Waals surface area contributed by atoms with Gasteiger partial charge >= 0.3 is 0 Å². The van der Waals surface area contributed by atoms with Gasteiger partial charge in [0.1, 0.15) is 0 Å².